The molecule has 0 radical (unpaired) electrons. The summed E-state index contributed by atoms with van der Waals surface area (Å²) < 4.78 is 5.37. The fourth-order valence-electron chi connectivity index (χ4n) is 1.85. The summed E-state index contributed by atoms with van der Waals surface area (Å²) in [5.41, 5.74) is 3.22. The highest BCUT2D eigenvalue weighted by atomic mass is 32.2. The zero-order valence-electron chi connectivity index (χ0n) is 11.2. The molecular formula is C14H16N2O2S. The summed E-state index contributed by atoms with van der Waals surface area (Å²) in [6.45, 7) is 1.89. The minimum absolute atomic E-state index is 0.119. The Bertz CT molecular complexity index is 562. The Kier molecular flexibility index (Phi) is 4.39. The smallest absolute Gasteiger partial charge is 0.136 e. The molecule has 0 fully saturated rings. The van der Waals surface area contributed by atoms with Crippen LogP contribution in [-0.2, 0) is 6.61 Å². The molecule has 0 saturated heterocycles. The molecule has 19 heavy (non-hydrogen) atoms. The van der Waals surface area contributed by atoms with E-state index in [4.69, 9.17) is 4.74 Å². The van der Waals surface area contributed by atoms with Gasteiger partial charge in [0.1, 0.15) is 5.75 Å². The van der Waals surface area contributed by atoms with Gasteiger partial charge in [-0.15, -0.1) is 11.8 Å². The van der Waals surface area contributed by atoms with Crippen LogP contribution in [0.2, 0.25) is 0 Å². The molecule has 5 heteroatoms. The highest BCUT2D eigenvalue weighted by molar-refractivity contribution is 7.98. The lowest BCUT2D eigenvalue weighted by molar-refractivity contribution is 0.271. The van der Waals surface area contributed by atoms with E-state index in [1.165, 1.54) is 11.8 Å². The Morgan fingerprint density at radius 3 is 2.68 bits per heavy atom. The molecule has 0 bridgehead atoms. The Morgan fingerprint density at radius 2 is 2.11 bits per heavy atom. The minimum atomic E-state index is -0.119. The van der Waals surface area contributed by atoms with E-state index in [2.05, 4.69) is 9.97 Å². The van der Waals surface area contributed by atoms with Crippen molar-refractivity contribution in [3.05, 3.63) is 35.7 Å². The van der Waals surface area contributed by atoms with Crippen molar-refractivity contribution >= 4 is 11.8 Å². The van der Waals surface area contributed by atoms with Crippen LogP contribution in [0.3, 0.4) is 0 Å². The zero-order chi connectivity index (χ0) is 13.8. The van der Waals surface area contributed by atoms with Crippen LogP contribution in [0.1, 0.15) is 11.3 Å². The summed E-state index contributed by atoms with van der Waals surface area (Å²) in [7, 11) is 1.61. The van der Waals surface area contributed by atoms with Gasteiger partial charge in [-0.2, -0.15) is 0 Å². The molecule has 0 aliphatic heterocycles. The van der Waals surface area contributed by atoms with Crippen LogP contribution in [0.4, 0.5) is 0 Å². The van der Waals surface area contributed by atoms with Gasteiger partial charge < -0.3 is 9.84 Å². The van der Waals surface area contributed by atoms with Gasteiger partial charge in [0, 0.05) is 12.3 Å². The van der Waals surface area contributed by atoms with Crippen LogP contribution >= 0.6 is 11.8 Å². The SMILES string of the molecule is COc1cc(-c2cc(C)ccn2)nc(CO)c1SC. The number of rotatable bonds is 4. The number of aromatic nitrogens is 2. The number of thioether (sulfide) groups is 1. The first-order valence-corrected chi connectivity index (χ1v) is 7.07. The van der Waals surface area contributed by atoms with Gasteiger partial charge in [-0.25, -0.2) is 4.98 Å². The topological polar surface area (TPSA) is 55.2 Å². The highest BCUT2D eigenvalue weighted by Crippen LogP contribution is 2.33. The third kappa shape index (κ3) is 2.88. The second-order valence-corrected chi connectivity index (χ2v) is 4.88. The summed E-state index contributed by atoms with van der Waals surface area (Å²) >= 11 is 1.51. The summed E-state index contributed by atoms with van der Waals surface area (Å²) in [6.07, 6.45) is 3.68. The molecule has 1 N–H and O–H groups in total. The zero-order valence-corrected chi connectivity index (χ0v) is 12.0. The van der Waals surface area contributed by atoms with Gasteiger partial charge >= 0.3 is 0 Å². The van der Waals surface area contributed by atoms with Crippen LogP contribution in [0.15, 0.2) is 29.3 Å². The van der Waals surface area contributed by atoms with Gasteiger partial charge in [-0.05, 0) is 30.9 Å². The van der Waals surface area contributed by atoms with Gasteiger partial charge in [0.2, 0.25) is 0 Å². The van der Waals surface area contributed by atoms with Crippen molar-refractivity contribution in [2.75, 3.05) is 13.4 Å². The lowest BCUT2D eigenvalue weighted by Crippen LogP contribution is -2.00. The molecule has 4 nitrogen and oxygen atoms in total. The molecule has 0 amide bonds. The lowest BCUT2D eigenvalue weighted by Gasteiger charge is -2.12. The predicted octanol–water partition coefficient (Wildman–Crippen LogP) is 2.67. The van der Waals surface area contributed by atoms with Gasteiger partial charge in [0.05, 0.1) is 35.7 Å². The largest absolute Gasteiger partial charge is 0.495 e. The van der Waals surface area contributed by atoms with E-state index in [1.807, 2.05) is 31.4 Å². The Balaban J connectivity index is 2.59. The maximum Gasteiger partial charge on any atom is 0.136 e. The number of methoxy groups -OCH3 is 1. The first-order valence-electron chi connectivity index (χ1n) is 5.85. The van der Waals surface area contributed by atoms with Crippen molar-refractivity contribution in [2.45, 2.75) is 18.4 Å². The average molecular weight is 276 g/mol. The minimum Gasteiger partial charge on any atom is -0.495 e. The van der Waals surface area contributed by atoms with E-state index >= 15 is 0 Å². The molecule has 0 aromatic carbocycles. The van der Waals surface area contributed by atoms with E-state index in [9.17, 15) is 5.11 Å². The third-order valence-corrected chi connectivity index (χ3v) is 3.61. The lowest BCUT2D eigenvalue weighted by atomic mass is 10.2. The van der Waals surface area contributed by atoms with Gasteiger partial charge in [-0.1, -0.05) is 0 Å². The van der Waals surface area contributed by atoms with Crippen molar-refractivity contribution in [3.63, 3.8) is 0 Å². The number of ether oxygens (including phenoxy) is 1. The maximum absolute atomic E-state index is 9.44. The van der Waals surface area contributed by atoms with Crippen LogP contribution in [-0.4, -0.2) is 28.4 Å². The van der Waals surface area contributed by atoms with Crippen molar-refractivity contribution in [1.82, 2.24) is 9.97 Å². The fraction of sp³-hybridized carbons (Fsp3) is 0.286. The number of aliphatic hydroxyl groups excluding tert-OH is 1. The van der Waals surface area contributed by atoms with E-state index in [1.54, 1.807) is 13.3 Å². The Labute approximate surface area is 116 Å². The fourth-order valence-corrected chi connectivity index (χ4v) is 2.53. The Hall–Kier alpha value is -1.59. The molecule has 2 aromatic rings. The van der Waals surface area contributed by atoms with Crippen LogP contribution in [0, 0.1) is 6.92 Å². The molecule has 0 spiro atoms. The second kappa shape index (κ2) is 6.04. The molecule has 2 heterocycles. The van der Waals surface area contributed by atoms with Crippen LogP contribution in [0.5, 0.6) is 5.75 Å². The molecule has 2 aromatic heterocycles. The van der Waals surface area contributed by atoms with Crippen molar-refractivity contribution < 1.29 is 9.84 Å². The average Bonchev–Trinajstić information content (AvgIpc) is 2.45. The first-order chi connectivity index (χ1) is 9.19. The third-order valence-electron chi connectivity index (χ3n) is 2.76. The number of hydrogen-bond acceptors (Lipinski definition) is 5. The van der Waals surface area contributed by atoms with Gasteiger partial charge in [0.25, 0.3) is 0 Å². The number of pyridine rings is 2. The normalized spacial score (nSPS) is 10.5. The van der Waals surface area contributed by atoms with Crippen molar-refractivity contribution in [3.8, 4) is 17.1 Å². The summed E-state index contributed by atoms with van der Waals surface area (Å²) in [4.78, 5) is 9.64. The number of hydrogen-bond donors (Lipinski definition) is 1. The van der Waals surface area contributed by atoms with E-state index < -0.39 is 0 Å². The van der Waals surface area contributed by atoms with Gasteiger partial charge in [-0.3, -0.25) is 4.98 Å². The van der Waals surface area contributed by atoms with Crippen LogP contribution < -0.4 is 4.74 Å². The molecule has 0 aliphatic carbocycles. The van der Waals surface area contributed by atoms with Crippen molar-refractivity contribution in [2.24, 2.45) is 0 Å². The van der Waals surface area contributed by atoms with E-state index in [-0.39, 0.29) is 6.61 Å². The highest BCUT2D eigenvalue weighted by Gasteiger charge is 2.13. The maximum atomic E-state index is 9.44. The molecular weight excluding hydrogens is 260 g/mol. The number of aryl methyl sites for hydroxylation is 1. The number of nitrogens with zero attached hydrogens (tertiary/aromatic N) is 2. The van der Waals surface area contributed by atoms with Crippen molar-refractivity contribution in [1.29, 1.82) is 0 Å². The molecule has 2 rings (SSSR count). The summed E-state index contributed by atoms with van der Waals surface area (Å²) in [6, 6.07) is 5.75. The van der Waals surface area contributed by atoms with Crippen LogP contribution in [0.25, 0.3) is 11.4 Å². The van der Waals surface area contributed by atoms with E-state index in [0.717, 1.165) is 16.2 Å². The predicted molar refractivity (Wildman–Crippen MR) is 76.5 cm³/mol. The molecule has 0 aliphatic rings. The standard InChI is InChI=1S/C14H16N2O2S/c1-9-4-5-15-10(6-9)11-7-13(18-2)14(19-3)12(8-17)16-11/h4-7,17H,8H2,1-3H3. The molecule has 0 saturated carbocycles. The quantitative estimate of drug-likeness (QED) is 0.870. The monoisotopic (exact) mass is 276 g/mol. The molecule has 0 unspecified atom stereocenters. The van der Waals surface area contributed by atoms with Gasteiger partial charge in [0.15, 0.2) is 0 Å². The number of aliphatic hydroxyl groups is 1. The molecule has 0 atom stereocenters. The van der Waals surface area contributed by atoms with E-state index in [0.29, 0.717) is 17.1 Å². The summed E-state index contributed by atoms with van der Waals surface area (Å²) in [5, 5.41) is 9.44. The Morgan fingerprint density at radius 1 is 1.32 bits per heavy atom. The molecule has 100 valence electrons. The summed E-state index contributed by atoms with van der Waals surface area (Å²) in [5.74, 6) is 0.713. The first kappa shape index (κ1) is 13.8. The second-order valence-electron chi connectivity index (χ2n) is 4.07.